The number of methoxy groups -OCH3 is 2. The Balaban J connectivity index is 1.42. The summed E-state index contributed by atoms with van der Waals surface area (Å²) in [5.74, 6) is 2.82. The lowest BCUT2D eigenvalue weighted by atomic mass is 9.97. The van der Waals surface area contributed by atoms with Gasteiger partial charge in [0.25, 0.3) is 0 Å². The SMILES string of the molecule is COc1ccc(-c2noc([C@@H]3CCCN(C(=O)Cc4cccc(OC)c4)C3)n2)cc1. The van der Waals surface area contributed by atoms with Crippen molar-refractivity contribution in [3.63, 3.8) is 0 Å². The zero-order valence-corrected chi connectivity index (χ0v) is 17.2. The van der Waals surface area contributed by atoms with E-state index in [9.17, 15) is 4.79 Å². The van der Waals surface area contributed by atoms with Gasteiger partial charge in [-0.25, -0.2) is 0 Å². The fourth-order valence-electron chi connectivity index (χ4n) is 3.73. The first-order chi connectivity index (χ1) is 14.7. The minimum absolute atomic E-state index is 0.0486. The summed E-state index contributed by atoms with van der Waals surface area (Å²) in [6.07, 6.45) is 2.19. The molecule has 7 heteroatoms. The molecule has 1 aliphatic rings. The van der Waals surface area contributed by atoms with Gasteiger partial charge in [-0.2, -0.15) is 4.98 Å². The molecule has 0 saturated carbocycles. The third-order valence-electron chi connectivity index (χ3n) is 5.40. The maximum atomic E-state index is 12.8. The van der Waals surface area contributed by atoms with Gasteiger partial charge in [0.05, 0.1) is 26.6 Å². The molecule has 0 radical (unpaired) electrons. The number of hydrogen-bond donors (Lipinski definition) is 0. The van der Waals surface area contributed by atoms with Crippen molar-refractivity contribution in [1.29, 1.82) is 0 Å². The lowest BCUT2D eigenvalue weighted by Gasteiger charge is -2.31. The van der Waals surface area contributed by atoms with E-state index in [0.717, 1.165) is 42.0 Å². The van der Waals surface area contributed by atoms with Crippen LogP contribution in [-0.4, -0.2) is 48.3 Å². The average Bonchev–Trinajstić information content (AvgIpc) is 3.30. The Labute approximate surface area is 175 Å². The van der Waals surface area contributed by atoms with Gasteiger partial charge >= 0.3 is 0 Å². The molecule has 1 fully saturated rings. The number of carbonyl (C=O) groups excluding carboxylic acids is 1. The van der Waals surface area contributed by atoms with Gasteiger partial charge in [-0.3, -0.25) is 4.79 Å². The minimum Gasteiger partial charge on any atom is -0.497 e. The first kappa shape index (κ1) is 19.9. The summed E-state index contributed by atoms with van der Waals surface area (Å²) in [6.45, 7) is 1.34. The fourth-order valence-corrected chi connectivity index (χ4v) is 3.73. The fraction of sp³-hybridized carbons (Fsp3) is 0.348. The van der Waals surface area contributed by atoms with Crippen molar-refractivity contribution in [3.05, 3.63) is 60.0 Å². The van der Waals surface area contributed by atoms with Crippen molar-refractivity contribution in [2.45, 2.75) is 25.2 Å². The molecule has 0 bridgehead atoms. The van der Waals surface area contributed by atoms with Gasteiger partial charge in [0.1, 0.15) is 11.5 Å². The lowest BCUT2D eigenvalue weighted by Crippen LogP contribution is -2.40. The van der Waals surface area contributed by atoms with E-state index in [1.165, 1.54) is 0 Å². The number of amides is 1. The molecule has 2 heterocycles. The molecule has 0 unspecified atom stereocenters. The van der Waals surface area contributed by atoms with Gasteiger partial charge < -0.3 is 18.9 Å². The maximum Gasteiger partial charge on any atom is 0.231 e. The van der Waals surface area contributed by atoms with E-state index in [1.807, 2.05) is 53.4 Å². The van der Waals surface area contributed by atoms with Crippen molar-refractivity contribution >= 4 is 5.91 Å². The topological polar surface area (TPSA) is 77.7 Å². The second kappa shape index (κ2) is 8.98. The van der Waals surface area contributed by atoms with Crippen LogP contribution in [0.15, 0.2) is 53.1 Å². The van der Waals surface area contributed by atoms with Crippen LogP contribution < -0.4 is 9.47 Å². The minimum atomic E-state index is 0.0486. The normalized spacial score (nSPS) is 16.3. The predicted molar refractivity (Wildman–Crippen MR) is 112 cm³/mol. The molecule has 0 aliphatic carbocycles. The Hall–Kier alpha value is -3.35. The van der Waals surface area contributed by atoms with Crippen LogP contribution in [0.3, 0.4) is 0 Å². The van der Waals surface area contributed by atoms with Gasteiger partial charge in [0.2, 0.25) is 17.6 Å². The highest BCUT2D eigenvalue weighted by Crippen LogP contribution is 2.28. The molecule has 1 saturated heterocycles. The first-order valence-corrected chi connectivity index (χ1v) is 10.0. The summed E-state index contributed by atoms with van der Waals surface area (Å²) in [5.41, 5.74) is 1.81. The Kier molecular flexibility index (Phi) is 5.97. The number of likely N-dealkylation sites (tertiary alicyclic amines) is 1. The van der Waals surface area contributed by atoms with Gasteiger partial charge in [0, 0.05) is 18.7 Å². The third-order valence-corrected chi connectivity index (χ3v) is 5.40. The first-order valence-electron chi connectivity index (χ1n) is 10.0. The van der Waals surface area contributed by atoms with E-state index in [1.54, 1.807) is 14.2 Å². The standard InChI is InChI=1S/C23H25N3O4/c1-28-19-10-8-17(9-11-19)22-24-23(30-25-22)18-6-4-12-26(15-18)21(27)14-16-5-3-7-20(13-16)29-2/h3,5,7-11,13,18H,4,6,12,14-15H2,1-2H3/t18-/m1/s1. The third kappa shape index (κ3) is 4.45. The number of nitrogens with zero attached hydrogens (tertiary/aromatic N) is 3. The van der Waals surface area contributed by atoms with Gasteiger partial charge in [-0.05, 0) is 54.8 Å². The molecule has 1 amide bonds. The number of piperidine rings is 1. The Morgan fingerprint density at radius 2 is 1.93 bits per heavy atom. The second-order valence-corrected chi connectivity index (χ2v) is 7.39. The van der Waals surface area contributed by atoms with E-state index in [4.69, 9.17) is 14.0 Å². The summed E-state index contributed by atoms with van der Waals surface area (Å²) >= 11 is 0. The summed E-state index contributed by atoms with van der Waals surface area (Å²) in [4.78, 5) is 19.3. The number of hydrogen-bond acceptors (Lipinski definition) is 6. The Morgan fingerprint density at radius 1 is 1.13 bits per heavy atom. The van der Waals surface area contributed by atoms with Crippen molar-refractivity contribution in [2.24, 2.45) is 0 Å². The van der Waals surface area contributed by atoms with Crippen molar-refractivity contribution < 1.29 is 18.8 Å². The molecule has 30 heavy (non-hydrogen) atoms. The average molecular weight is 407 g/mol. The molecule has 1 aliphatic heterocycles. The molecular formula is C23H25N3O4. The van der Waals surface area contributed by atoms with E-state index in [2.05, 4.69) is 10.1 Å². The van der Waals surface area contributed by atoms with Crippen LogP contribution in [0.2, 0.25) is 0 Å². The Bertz CT molecular complexity index is 1000. The van der Waals surface area contributed by atoms with Crippen LogP contribution in [-0.2, 0) is 11.2 Å². The van der Waals surface area contributed by atoms with Gasteiger partial charge in [0.15, 0.2) is 0 Å². The van der Waals surface area contributed by atoms with Crippen LogP contribution >= 0.6 is 0 Å². The number of aromatic nitrogens is 2. The van der Waals surface area contributed by atoms with Crippen LogP contribution in [0.1, 0.15) is 30.2 Å². The number of carbonyl (C=O) groups is 1. The lowest BCUT2D eigenvalue weighted by molar-refractivity contribution is -0.131. The summed E-state index contributed by atoms with van der Waals surface area (Å²) < 4.78 is 16.0. The summed E-state index contributed by atoms with van der Waals surface area (Å²) in [5, 5.41) is 4.13. The van der Waals surface area contributed by atoms with Gasteiger partial charge in [-0.15, -0.1) is 0 Å². The van der Waals surface area contributed by atoms with Crippen LogP contribution in [0.5, 0.6) is 11.5 Å². The number of rotatable bonds is 6. The van der Waals surface area contributed by atoms with E-state index in [-0.39, 0.29) is 11.8 Å². The molecule has 0 spiro atoms. The van der Waals surface area contributed by atoms with Crippen molar-refractivity contribution in [1.82, 2.24) is 15.0 Å². The molecule has 1 aromatic heterocycles. The monoisotopic (exact) mass is 407 g/mol. The molecule has 2 aromatic carbocycles. The molecule has 4 rings (SSSR count). The van der Waals surface area contributed by atoms with Gasteiger partial charge in [-0.1, -0.05) is 17.3 Å². The van der Waals surface area contributed by atoms with Crippen LogP contribution in [0.25, 0.3) is 11.4 Å². The highest BCUT2D eigenvalue weighted by molar-refractivity contribution is 5.79. The second-order valence-electron chi connectivity index (χ2n) is 7.39. The number of benzene rings is 2. The van der Waals surface area contributed by atoms with Crippen molar-refractivity contribution in [2.75, 3.05) is 27.3 Å². The largest absolute Gasteiger partial charge is 0.497 e. The smallest absolute Gasteiger partial charge is 0.231 e. The molecule has 0 N–H and O–H groups in total. The Morgan fingerprint density at radius 3 is 2.70 bits per heavy atom. The molecule has 156 valence electrons. The molecule has 1 atom stereocenters. The molecular weight excluding hydrogens is 382 g/mol. The zero-order chi connectivity index (χ0) is 20.9. The van der Waals surface area contributed by atoms with E-state index < -0.39 is 0 Å². The quantitative estimate of drug-likeness (QED) is 0.620. The summed E-state index contributed by atoms with van der Waals surface area (Å²) in [7, 11) is 3.26. The zero-order valence-electron chi connectivity index (χ0n) is 17.2. The van der Waals surface area contributed by atoms with Crippen molar-refractivity contribution in [3.8, 4) is 22.9 Å². The summed E-state index contributed by atoms with van der Waals surface area (Å²) in [6, 6.07) is 15.2. The van der Waals surface area contributed by atoms with E-state index >= 15 is 0 Å². The predicted octanol–water partition coefficient (Wildman–Crippen LogP) is 3.70. The van der Waals surface area contributed by atoms with Crippen LogP contribution in [0.4, 0.5) is 0 Å². The number of ether oxygens (including phenoxy) is 2. The highest BCUT2D eigenvalue weighted by Gasteiger charge is 2.28. The van der Waals surface area contributed by atoms with Crippen LogP contribution in [0, 0.1) is 0 Å². The maximum absolute atomic E-state index is 12.8. The molecule has 7 nitrogen and oxygen atoms in total. The van der Waals surface area contributed by atoms with E-state index in [0.29, 0.717) is 24.7 Å². The molecule has 3 aromatic rings. The highest BCUT2D eigenvalue weighted by atomic mass is 16.5.